The molecule has 5 rings (SSSR count). The summed E-state index contributed by atoms with van der Waals surface area (Å²) >= 11 is 0. The zero-order valence-corrected chi connectivity index (χ0v) is 18.5. The number of carbonyl (C=O) groups excluding carboxylic acids is 1. The number of nitrogens with one attached hydrogen (secondary N) is 1. The van der Waals surface area contributed by atoms with Crippen LogP contribution in [0.2, 0.25) is 0 Å². The van der Waals surface area contributed by atoms with Crippen molar-refractivity contribution in [1.29, 1.82) is 5.26 Å². The summed E-state index contributed by atoms with van der Waals surface area (Å²) < 4.78 is 3.45. The zero-order valence-electron chi connectivity index (χ0n) is 18.5. The number of pyridine rings is 2. The second-order valence-corrected chi connectivity index (χ2v) is 8.35. The highest BCUT2D eigenvalue weighted by atomic mass is 16.2. The number of likely N-dealkylation sites (tertiary alicyclic amines) is 1. The smallest absolute Gasteiger partial charge is 0.219 e. The first-order valence-corrected chi connectivity index (χ1v) is 10.6. The molecule has 1 amide bonds. The van der Waals surface area contributed by atoms with Crippen LogP contribution in [0, 0.1) is 11.3 Å². The molecule has 0 aromatic carbocycles. The second kappa shape index (κ2) is 7.98. The Kier molecular flexibility index (Phi) is 4.97. The summed E-state index contributed by atoms with van der Waals surface area (Å²) in [5.41, 5.74) is 3.46. The fourth-order valence-corrected chi connectivity index (χ4v) is 3.80. The molecule has 166 valence electrons. The molecular weight excluding hydrogens is 420 g/mol. The molecule has 0 saturated carbocycles. The maximum absolute atomic E-state index is 11.5. The van der Waals surface area contributed by atoms with E-state index in [1.807, 2.05) is 12.3 Å². The van der Waals surface area contributed by atoms with E-state index in [9.17, 15) is 4.79 Å². The van der Waals surface area contributed by atoms with Gasteiger partial charge in [0.05, 0.1) is 24.0 Å². The van der Waals surface area contributed by atoms with Crippen molar-refractivity contribution in [2.45, 2.75) is 32.9 Å². The van der Waals surface area contributed by atoms with Gasteiger partial charge in [0.2, 0.25) is 5.91 Å². The van der Waals surface area contributed by atoms with E-state index in [-0.39, 0.29) is 18.0 Å². The van der Waals surface area contributed by atoms with Crippen molar-refractivity contribution in [1.82, 2.24) is 39.6 Å². The van der Waals surface area contributed by atoms with Crippen molar-refractivity contribution < 1.29 is 4.79 Å². The van der Waals surface area contributed by atoms with Gasteiger partial charge in [0.25, 0.3) is 0 Å². The molecule has 0 radical (unpaired) electrons. The molecule has 1 N–H and O–H groups in total. The van der Waals surface area contributed by atoms with Crippen LogP contribution in [0.25, 0.3) is 28.1 Å². The highest BCUT2D eigenvalue weighted by molar-refractivity contribution is 5.79. The van der Waals surface area contributed by atoms with E-state index in [0.717, 1.165) is 16.6 Å². The van der Waals surface area contributed by atoms with Gasteiger partial charge >= 0.3 is 0 Å². The van der Waals surface area contributed by atoms with Gasteiger partial charge in [0, 0.05) is 61.2 Å². The normalized spacial score (nSPS) is 13.8. The van der Waals surface area contributed by atoms with Crippen LogP contribution in [0.3, 0.4) is 0 Å². The number of amides is 1. The molecular formula is C22H22N10O. The van der Waals surface area contributed by atoms with Crippen molar-refractivity contribution in [2.24, 2.45) is 0 Å². The third-order valence-corrected chi connectivity index (χ3v) is 5.56. The Balaban J connectivity index is 1.49. The third kappa shape index (κ3) is 3.76. The monoisotopic (exact) mass is 442 g/mol. The largest absolute Gasteiger partial charge is 0.382 e. The van der Waals surface area contributed by atoms with Crippen molar-refractivity contribution in [3.63, 3.8) is 0 Å². The van der Waals surface area contributed by atoms with Crippen LogP contribution in [-0.2, 0) is 4.79 Å². The fraction of sp³-hybridized carbons (Fsp3) is 0.318. The van der Waals surface area contributed by atoms with Gasteiger partial charge in [0.15, 0.2) is 11.5 Å². The summed E-state index contributed by atoms with van der Waals surface area (Å²) in [6.07, 6.45) is 6.82. The van der Waals surface area contributed by atoms with Crippen LogP contribution in [-0.4, -0.2) is 64.7 Å². The molecule has 5 heterocycles. The Bertz CT molecular complexity index is 1390. The minimum absolute atomic E-state index is 0.0688. The van der Waals surface area contributed by atoms with Gasteiger partial charge < -0.3 is 10.2 Å². The van der Waals surface area contributed by atoms with E-state index < -0.39 is 0 Å². The zero-order chi connectivity index (χ0) is 23.1. The minimum Gasteiger partial charge on any atom is -0.382 e. The van der Waals surface area contributed by atoms with Crippen LogP contribution < -0.4 is 5.32 Å². The van der Waals surface area contributed by atoms with E-state index in [1.165, 1.54) is 6.20 Å². The van der Waals surface area contributed by atoms with E-state index in [4.69, 9.17) is 5.26 Å². The Labute approximate surface area is 189 Å². The number of fused-ring (bicyclic) bond motifs is 1. The molecule has 1 fully saturated rings. The average Bonchev–Trinajstić information content (AvgIpc) is 3.39. The lowest BCUT2D eigenvalue weighted by molar-refractivity contribution is -0.134. The van der Waals surface area contributed by atoms with E-state index in [1.54, 1.807) is 39.6 Å². The van der Waals surface area contributed by atoms with Gasteiger partial charge in [-0.2, -0.15) is 15.0 Å². The molecule has 0 aliphatic carbocycles. The average molecular weight is 442 g/mol. The number of hydrogen-bond acceptors (Lipinski definition) is 8. The van der Waals surface area contributed by atoms with Gasteiger partial charge in [-0.15, -0.1) is 5.10 Å². The van der Waals surface area contributed by atoms with E-state index in [2.05, 4.69) is 50.6 Å². The Morgan fingerprint density at radius 1 is 1.21 bits per heavy atom. The summed E-state index contributed by atoms with van der Waals surface area (Å²) in [5, 5.41) is 26.4. The predicted octanol–water partition coefficient (Wildman–Crippen LogP) is 2.17. The lowest BCUT2D eigenvalue weighted by Gasteiger charge is -2.38. The Morgan fingerprint density at radius 3 is 2.76 bits per heavy atom. The number of nitriles is 1. The fourth-order valence-electron chi connectivity index (χ4n) is 3.80. The number of aromatic nitrogens is 7. The minimum atomic E-state index is 0.0688. The van der Waals surface area contributed by atoms with Crippen LogP contribution in [0.5, 0.6) is 0 Å². The first-order valence-electron chi connectivity index (χ1n) is 10.6. The molecule has 11 nitrogen and oxygen atoms in total. The highest BCUT2D eigenvalue weighted by Crippen LogP contribution is 2.30. The van der Waals surface area contributed by atoms with Gasteiger partial charge in [-0.3, -0.25) is 4.79 Å². The third-order valence-electron chi connectivity index (χ3n) is 5.56. The quantitative estimate of drug-likeness (QED) is 0.498. The molecule has 1 aliphatic rings. The van der Waals surface area contributed by atoms with E-state index in [0.29, 0.717) is 35.8 Å². The summed E-state index contributed by atoms with van der Waals surface area (Å²) in [7, 11) is 0. The predicted molar refractivity (Wildman–Crippen MR) is 120 cm³/mol. The highest BCUT2D eigenvalue weighted by Gasteiger charge is 2.31. The Morgan fingerprint density at radius 2 is 2.03 bits per heavy atom. The van der Waals surface area contributed by atoms with Crippen LogP contribution >= 0.6 is 0 Å². The van der Waals surface area contributed by atoms with Crippen molar-refractivity contribution >= 4 is 22.6 Å². The maximum atomic E-state index is 11.5. The van der Waals surface area contributed by atoms with Gasteiger partial charge in [-0.1, -0.05) is 5.21 Å². The molecule has 4 aromatic heterocycles. The number of anilines is 1. The van der Waals surface area contributed by atoms with Gasteiger partial charge in [-0.05, 0) is 19.9 Å². The maximum Gasteiger partial charge on any atom is 0.219 e. The summed E-state index contributed by atoms with van der Waals surface area (Å²) in [4.78, 5) is 22.2. The van der Waals surface area contributed by atoms with Crippen molar-refractivity contribution in [2.75, 3.05) is 18.4 Å². The SMILES string of the molecule is CC(=O)N1CC(n2cc(-c3cnc(-n4ncc5cc(C#N)cnc54)cc3NC(C)C)nn2)C1. The Hall–Kier alpha value is -4.33. The lowest BCUT2D eigenvalue weighted by Crippen LogP contribution is -2.50. The molecule has 0 spiro atoms. The lowest BCUT2D eigenvalue weighted by atomic mass is 10.1. The van der Waals surface area contributed by atoms with Crippen LogP contribution in [0.4, 0.5) is 5.69 Å². The molecule has 0 atom stereocenters. The van der Waals surface area contributed by atoms with Gasteiger partial charge in [-0.25, -0.2) is 14.6 Å². The number of nitrogens with zero attached hydrogens (tertiary/aromatic N) is 9. The topological polar surface area (TPSA) is 130 Å². The molecule has 33 heavy (non-hydrogen) atoms. The summed E-state index contributed by atoms with van der Waals surface area (Å²) in [6.45, 7) is 6.96. The molecule has 4 aromatic rings. The molecule has 1 saturated heterocycles. The molecule has 0 bridgehead atoms. The van der Waals surface area contributed by atoms with Crippen molar-refractivity contribution in [3.05, 3.63) is 42.5 Å². The molecule has 0 unspecified atom stereocenters. The summed E-state index contributed by atoms with van der Waals surface area (Å²) in [5.74, 6) is 0.664. The first-order chi connectivity index (χ1) is 15.9. The van der Waals surface area contributed by atoms with Gasteiger partial charge in [0.1, 0.15) is 11.8 Å². The van der Waals surface area contributed by atoms with E-state index >= 15 is 0 Å². The second-order valence-electron chi connectivity index (χ2n) is 8.35. The molecule has 1 aliphatic heterocycles. The number of carbonyl (C=O) groups is 1. The standard InChI is InChI=1S/C22H22N10O/c1-13(2)27-19-5-21(32-22-16(8-26-32)4-15(6-23)7-25-22)24-9-18(19)20-12-31(29-28-20)17-10-30(11-17)14(3)33/h4-5,7-9,12-13,17H,10-11H2,1-3H3,(H,24,27). The van der Waals surface area contributed by atoms with Crippen molar-refractivity contribution in [3.8, 4) is 23.1 Å². The van der Waals surface area contributed by atoms with Crippen LogP contribution in [0.15, 0.2) is 36.9 Å². The molecule has 11 heteroatoms. The first kappa shape index (κ1) is 20.6. The number of rotatable bonds is 5. The summed E-state index contributed by atoms with van der Waals surface area (Å²) in [6, 6.07) is 6.05. The number of hydrogen-bond donors (Lipinski definition) is 1. The van der Waals surface area contributed by atoms with Crippen LogP contribution in [0.1, 0.15) is 32.4 Å².